The Kier molecular flexibility index (Phi) is 4.46. The molecule has 1 aliphatic rings. The number of hydrogen-bond donors (Lipinski definition) is 1. The van der Waals surface area contributed by atoms with Crippen LogP contribution in [0.4, 0.5) is 5.69 Å². The summed E-state index contributed by atoms with van der Waals surface area (Å²) in [5, 5.41) is 0. The minimum Gasteiger partial charge on any atom is -0.369 e. The topological polar surface area (TPSA) is 29.3 Å². The molecule has 1 saturated carbocycles. The predicted octanol–water partition coefficient (Wildman–Crippen LogP) is 3.68. The van der Waals surface area contributed by atoms with Gasteiger partial charge in [-0.3, -0.25) is 0 Å². The lowest BCUT2D eigenvalue weighted by Gasteiger charge is -2.31. The molecule has 1 aromatic carbocycles. The van der Waals surface area contributed by atoms with Crippen LogP contribution in [0.1, 0.15) is 38.2 Å². The first-order valence-electron chi connectivity index (χ1n) is 6.51. The van der Waals surface area contributed by atoms with E-state index in [0.717, 1.165) is 11.0 Å². The largest absolute Gasteiger partial charge is 0.369 e. The van der Waals surface area contributed by atoms with E-state index < -0.39 is 0 Å². The Morgan fingerprint density at radius 3 is 2.65 bits per heavy atom. The fourth-order valence-electron chi connectivity index (χ4n) is 2.82. The van der Waals surface area contributed by atoms with Crippen molar-refractivity contribution in [1.29, 1.82) is 0 Å². The molecule has 0 saturated heterocycles. The van der Waals surface area contributed by atoms with E-state index in [0.29, 0.717) is 12.6 Å². The van der Waals surface area contributed by atoms with Gasteiger partial charge in [0.05, 0.1) is 0 Å². The number of hydrogen-bond acceptors (Lipinski definition) is 2. The molecule has 0 amide bonds. The van der Waals surface area contributed by atoms with Gasteiger partial charge in [-0.05, 0) is 37.5 Å². The monoisotopic (exact) mass is 296 g/mol. The maximum atomic E-state index is 5.85. The fourth-order valence-corrected chi connectivity index (χ4v) is 3.17. The Bertz CT molecular complexity index is 372. The van der Waals surface area contributed by atoms with Gasteiger partial charge >= 0.3 is 0 Å². The van der Waals surface area contributed by atoms with Crippen LogP contribution >= 0.6 is 15.9 Å². The van der Waals surface area contributed by atoms with Gasteiger partial charge in [-0.15, -0.1) is 0 Å². The standard InChI is InChI=1S/C14H21BrN2/c1-2-17(13-5-3-4-6-13)14-9-12(15)8-7-11(14)10-16/h7-9,13H,2-6,10,16H2,1H3. The number of nitrogens with zero attached hydrogens (tertiary/aromatic N) is 1. The molecule has 1 aliphatic carbocycles. The predicted molar refractivity (Wildman–Crippen MR) is 77.3 cm³/mol. The molecule has 0 radical (unpaired) electrons. The zero-order valence-electron chi connectivity index (χ0n) is 10.5. The van der Waals surface area contributed by atoms with Crippen LogP contribution in [0.25, 0.3) is 0 Å². The third kappa shape index (κ3) is 2.83. The maximum Gasteiger partial charge on any atom is 0.0425 e. The molecule has 1 fully saturated rings. The third-order valence-electron chi connectivity index (χ3n) is 3.68. The van der Waals surface area contributed by atoms with Crippen molar-refractivity contribution >= 4 is 21.6 Å². The zero-order valence-corrected chi connectivity index (χ0v) is 12.0. The number of anilines is 1. The maximum absolute atomic E-state index is 5.85. The second kappa shape index (κ2) is 5.87. The summed E-state index contributed by atoms with van der Waals surface area (Å²) in [5.74, 6) is 0. The molecule has 0 spiro atoms. The first kappa shape index (κ1) is 12.9. The van der Waals surface area contributed by atoms with Gasteiger partial charge in [0.25, 0.3) is 0 Å². The molecule has 0 unspecified atom stereocenters. The smallest absolute Gasteiger partial charge is 0.0425 e. The average molecular weight is 297 g/mol. The highest BCUT2D eigenvalue weighted by Gasteiger charge is 2.23. The summed E-state index contributed by atoms with van der Waals surface area (Å²) in [6, 6.07) is 7.13. The first-order valence-corrected chi connectivity index (χ1v) is 7.30. The van der Waals surface area contributed by atoms with E-state index >= 15 is 0 Å². The molecule has 0 aliphatic heterocycles. The summed E-state index contributed by atoms with van der Waals surface area (Å²) in [6.07, 6.45) is 5.38. The number of halogens is 1. The van der Waals surface area contributed by atoms with Gasteiger partial charge in [0.15, 0.2) is 0 Å². The first-order chi connectivity index (χ1) is 8.26. The molecule has 0 heterocycles. The molecule has 0 bridgehead atoms. The van der Waals surface area contributed by atoms with Crippen LogP contribution in [0.3, 0.4) is 0 Å². The quantitative estimate of drug-likeness (QED) is 0.918. The summed E-state index contributed by atoms with van der Waals surface area (Å²) in [6.45, 7) is 3.92. The molecule has 17 heavy (non-hydrogen) atoms. The van der Waals surface area contributed by atoms with E-state index in [1.54, 1.807) is 0 Å². The Morgan fingerprint density at radius 1 is 1.35 bits per heavy atom. The van der Waals surface area contributed by atoms with Gasteiger partial charge in [0.2, 0.25) is 0 Å². The summed E-state index contributed by atoms with van der Waals surface area (Å²) in [5.41, 5.74) is 8.42. The lowest BCUT2D eigenvalue weighted by molar-refractivity contribution is 0.617. The summed E-state index contributed by atoms with van der Waals surface area (Å²) in [7, 11) is 0. The van der Waals surface area contributed by atoms with Crippen LogP contribution in [0.15, 0.2) is 22.7 Å². The van der Waals surface area contributed by atoms with E-state index in [4.69, 9.17) is 5.73 Å². The molecule has 2 nitrogen and oxygen atoms in total. The van der Waals surface area contributed by atoms with Gasteiger partial charge in [0, 0.05) is 29.3 Å². The van der Waals surface area contributed by atoms with Crippen LogP contribution in [0.2, 0.25) is 0 Å². The Hall–Kier alpha value is -0.540. The van der Waals surface area contributed by atoms with E-state index in [9.17, 15) is 0 Å². The molecule has 0 atom stereocenters. The second-order valence-electron chi connectivity index (χ2n) is 4.70. The normalized spacial score (nSPS) is 16.4. The van der Waals surface area contributed by atoms with Crippen molar-refractivity contribution in [2.75, 3.05) is 11.4 Å². The van der Waals surface area contributed by atoms with Crippen LogP contribution in [-0.4, -0.2) is 12.6 Å². The highest BCUT2D eigenvalue weighted by Crippen LogP contribution is 2.32. The van der Waals surface area contributed by atoms with Crippen molar-refractivity contribution in [1.82, 2.24) is 0 Å². The van der Waals surface area contributed by atoms with Crippen LogP contribution in [-0.2, 0) is 6.54 Å². The van der Waals surface area contributed by atoms with E-state index in [-0.39, 0.29) is 0 Å². The highest BCUT2D eigenvalue weighted by molar-refractivity contribution is 9.10. The molecular formula is C14H21BrN2. The van der Waals surface area contributed by atoms with Crippen LogP contribution < -0.4 is 10.6 Å². The summed E-state index contributed by atoms with van der Waals surface area (Å²) in [4.78, 5) is 2.53. The Labute approximate surface area is 112 Å². The van der Waals surface area contributed by atoms with Crippen molar-refractivity contribution in [3.8, 4) is 0 Å². The molecule has 94 valence electrons. The SMILES string of the molecule is CCN(c1cc(Br)ccc1CN)C1CCCC1. The Balaban J connectivity index is 2.31. The molecular weight excluding hydrogens is 276 g/mol. The zero-order chi connectivity index (χ0) is 12.3. The van der Waals surface area contributed by atoms with Crippen LogP contribution in [0, 0.1) is 0 Å². The minimum atomic E-state index is 0.617. The van der Waals surface area contributed by atoms with E-state index in [1.807, 2.05) is 0 Å². The van der Waals surface area contributed by atoms with Crippen molar-refractivity contribution in [3.63, 3.8) is 0 Å². The van der Waals surface area contributed by atoms with E-state index in [1.165, 1.54) is 36.9 Å². The number of rotatable bonds is 4. The van der Waals surface area contributed by atoms with Crippen molar-refractivity contribution in [2.24, 2.45) is 5.73 Å². The van der Waals surface area contributed by atoms with Gasteiger partial charge < -0.3 is 10.6 Å². The molecule has 2 rings (SSSR count). The van der Waals surface area contributed by atoms with Gasteiger partial charge in [-0.2, -0.15) is 0 Å². The Morgan fingerprint density at radius 2 is 2.06 bits per heavy atom. The van der Waals surface area contributed by atoms with E-state index in [2.05, 4.69) is 46.0 Å². The molecule has 1 aromatic rings. The third-order valence-corrected chi connectivity index (χ3v) is 4.18. The second-order valence-corrected chi connectivity index (χ2v) is 5.62. The van der Waals surface area contributed by atoms with Crippen LogP contribution in [0.5, 0.6) is 0 Å². The fraction of sp³-hybridized carbons (Fsp3) is 0.571. The summed E-state index contributed by atoms with van der Waals surface area (Å²) >= 11 is 3.56. The van der Waals surface area contributed by atoms with Crippen molar-refractivity contribution in [3.05, 3.63) is 28.2 Å². The number of nitrogens with two attached hydrogens (primary N) is 1. The number of benzene rings is 1. The van der Waals surface area contributed by atoms with Gasteiger partial charge in [-0.1, -0.05) is 34.8 Å². The van der Waals surface area contributed by atoms with Crippen molar-refractivity contribution < 1.29 is 0 Å². The highest BCUT2D eigenvalue weighted by atomic mass is 79.9. The molecule has 2 N–H and O–H groups in total. The average Bonchev–Trinajstić information content (AvgIpc) is 2.84. The van der Waals surface area contributed by atoms with Crippen molar-refractivity contribution in [2.45, 2.75) is 45.2 Å². The van der Waals surface area contributed by atoms with Gasteiger partial charge in [0.1, 0.15) is 0 Å². The van der Waals surface area contributed by atoms with Gasteiger partial charge in [-0.25, -0.2) is 0 Å². The lowest BCUT2D eigenvalue weighted by atomic mass is 10.1. The minimum absolute atomic E-state index is 0.617. The summed E-state index contributed by atoms with van der Waals surface area (Å²) < 4.78 is 1.14. The molecule has 0 aromatic heterocycles. The molecule has 3 heteroatoms. The lowest BCUT2D eigenvalue weighted by Crippen LogP contribution is -2.34.